The van der Waals surface area contributed by atoms with Crippen LogP contribution in [-0.4, -0.2) is 49.9 Å². The molecule has 1 aromatic carbocycles. The molecule has 12 heteroatoms. The third kappa shape index (κ3) is 7.20. The second-order valence-electron chi connectivity index (χ2n) is 12.1. The molecule has 3 heterocycles. The Balaban J connectivity index is 1.35. The third-order valence-corrected chi connectivity index (χ3v) is 7.26. The standard InChI is InChI=1S/C30H35F3N6O3/c1-28(2,3)42-27(41)38-13-8-20(18-38)17-37-11-9-21(10-12-37)23-16-35-39(19-23)29(4,5)26(40)36-24-7-6-22(15-34)25(14-24)30(31,32)33/h6-8,13-14,16,18-19,21H,9-12,17H2,1-5H3,(H,36,40). The van der Waals surface area contributed by atoms with Gasteiger partial charge in [-0.15, -0.1) is 0 Å². The first-order valence-corrected chi connectivity index (χ1v) is 13.7. The molecule has 0 spiro atoms. The van der Waals surface area contributed by atoms with Crippen LogP contribution in [-0.2, 0) is 27.8 Å². The molecule has 9 nitrogen and oxygen atoms in total. The summed E-state index contributed by atoms with van der Waals surface area (Å²) in [5.41, 5.74) is -1.42. The van der Waals surface area contributed by atoms with Gasteiger partial charge in [-0.1, -0.05) is 0 Å². The molecule has 224 valence electrons. The third-order valence-electron chi connectivity index (χ3n) is 7.26. The highest BCUT2D eigenvalue weighted by Gasteiger charge is 2.35. The SMILES string of the molecule is CC(C)(C)OC(=O)n1ccc(CN2CCC(c3cnn(C(C)(C)C(=O)Nc4ccc(C#N)c(C(F)(F)F)c4)c3)CC2)c1. The molecule has 1 aliphatic heterocycles. The van der Waals surface area contributed by atoms with Crippen LogP contribution in [0.2, 0.25) is 0 Å². The topological polar surface area (TPSA) is 105 Å². The molecule has 1 N–H and O–H groups in total. The van der Waals surface area contributed by atoms with Crippen molar-refractivity contribution in [2.75, 3.05) is 18.4 Å². The van der Waals surface area contributed by atoms with Crippen molar-refractivity contribution in [1.82, 2.24) is 19.2 Å². The van der Waals surface area contributed by atoms with E-state index in [0.717, 1.165) is 49.2 Å². The first kappa shape index (κ1) is 30.8. The van der Waals surface area contributed by atoms with E-state index in [-0.39, 0.29) is 11.6 Å². The van der Waals surface area contributed by atoms with E-state index < -0.39 is 40.4 Å². The highest BCUT2D eigenvalue weighted by molar-refractivity contribution is 5.96. The Labute approximate surface area is 242 Å². The maximum atomic E-state index is 13.3. The quantitative estimate of drug-likeness (QED) is 0.375. The summed E-state index contributed by atoms with van der Waals surface area (Å²) in [6.45, 7) is 11.2. The molecule has 1 saturated heterocycles. The van der Waals surface area contributed by atoms with Gasteiger partial charge in [0.05, 0.1) is 23.4 Å². The number of hydrogen-bond donors (Lipinski definition) is 1. The molecule has 4 rings (SSSR count). The van der Waals surface area contributed by atoms with Gasteiger partial charge in [0.15, 0.2) is 0 Å². The van der Waals surface area contributed by atoms with Crippen molar-refractivity contribution in [2.45, 2.75) is 77.2 Å². The first-order valence-electron chi connectivity index (χ1n) is 13.7. The zero-order valence-corrected chi connectivity index (χ0v) is 24.3. The maximum Gasteiger partial charge on any atom is 0.418 e. The Morgan fingerprint density at radius 2 is 1.79 bits per heavy atom. The summed E-state index contributed by atoms with van der Waals surface area (Å²) in [6.07, 6.45) is 3.69. The molecule has 3 aromatic rings. The van der Waals surface area contributed by atoms with Gasteiger partial charge in [-0.05, 0) is 102 Å². The fraction of sp³-hybridized carbons (Fsp3) is 0.467. The van der Waals surface area contributed by atoms with Crippen molar-refractivity contribution in [3.05, 3.63) is 71.3 Å². The molecule has 1 amide bonds. The van der Waals surface area contributed by atoms with E-state index in [2.05, 4.69) is 15.3 Å². The Bertz CT molecular complexity index is 1480. The molecule has 0 aliphatic carbocycles. The van der Waals surface area contributed by atoms with Gasteiger partial charge in [0.25, 0.3) is 5.91 Å². The van der Waals surface area contributed by atoms with Gasteiger partial charge >= 0.3 is 12.3 Å². The number of hydrogen-bond acceptors (Lipinski definition) is 6. The molecule has 0 radical (unpaired) electrons. The molecular weight excluding hydrogens is 549 g/mol. The largest absolute Gasteiger partial charge is 0.443 e. The van der Waals surface area contributed by atoms with Crippen molar-refractivity contribution in [1.29, 1.82) is 5.26 Å². The van der Waals surface area contributed by atoms with Crippen LogP contribution in [0.3, 0.4) is 0 Å². The van der Waals surface area contributed by atoms with Crippen LogP contribution in [0.25, 0.3) is 0 Å². The number of carbonyl (C=O) groups excluding carboxylic acids is 2. The Hall–Kier alpha value is -4.11. The number of rotatable bonds is 6. The highest BCUT2D eigenvalue weighted by atomic mass is 19.4. The average Bonchev–Trinajstić information content (AvgIpc) is 3.58. The number of nitriles is 1. The van der Waals surface area contributed by atoms with Crippen LogP contribution in [0.15, 0.2) is 49.1 Å². The molecule has 42 heavy (non-hydrogen) atoms. The zero-order chi connectivity index (χ0) is 30.9. The van der Waals surface area contributed by atoms with E-state index in [0.29, 0.717) is 6.54 Å². The minimum atomic E-state index is -4.72. The van der Waals surface area contributed by atoms with E-state index in [4.69, 9.17) is 10.00 Å². The van der Waals surface area contributed by atoms with E-state index in [9.17, 15) is 22.8 Å². The number of ether oxygens (including phenoxy) is 1. The number of likely N-dealkylation sites (tertiary alicyclic amines) is 1. The number of piperidine rings is 1. The fourth-order valence-corrected chi connectivity index (χ4v) is 4.84. The van der Waals surface area contributed by atoms with Crippen molar-refractivity contribution >= 4 is 17.7 Å². The lowest BCUT2D eigenvalue weighted by Gasteiger charge is -2.31. The van der Waals surface area contributed by atoms with Gasteiger partial charge in [0.1, 0.15) is 11.1 Å². The van der Waals surface area contributed by atoms with Crippen molar-refractivity contribution in [3.8, 4) is 6.07 Å². The number of nitrogens with zero attached hydrogens (tertiary/aromatic N) is 5. The summed E-state index contributed by atoms with van der Waals surface area (Å²) in [6, 6.07) is 6.52. The Morgan fingerprint density at radius 3 is 2.40 bits per heavy atom. The zero-order valence-electron chi connectivity index (χ0n) is 24.3. The molecule has 0 unspecified atom stereocenters. The summed E-state index contributed by atoms with van der Waals surface area (Å²) in [7, 11) is 0. The summed E-state index contributed by atoms with van der Waals surface area (Å²) >= 11 is 0. The minimum absolute atomic E-state index is 0.0550. The maximum absolute atomic E-state index is 13.3. The minimum Gasteiger partial charge on any atom is -0.443 e. The van der Waals surface area contributed by atoms with Crippen molar-refractivity contribution < 1.29 is 27.5 Å². The lowest BCUT2D eigenvalue weighted by molar-refractivity contribution is -0.137. The van der Waals surface area contributed by atoms with Crippen LogP contribution in [0.4, 0.5) is 23.7 Å². The Morgan fingerprint density at radius 1 is 1.10 bits per heavy atom. The second-order valence-corrected chi connectivity index (χ2v) is 12.1. The summed E-state index contributed by atoms with van der Waals surface area (Å²) in [5.74, 6) is -0.295. The van der Waals surface area contributed by atoms with E-state index in [1.165, 1.54) is 21.4 Å². The molecular formula is C30H35F3N6O3. The predicted molar refractivity (Wildman–Crippen MR) is 150 cm³/mol. The monoisotopic (exact) mass is 584 g/mol. The Kier molecular flexibility index (Phi) is 8.55. The van der Waals surface area contributed by atoms with Gasteiger partial charge in [-0.2, -0.15) is 23.5 Å². The van der Waals surface area contributed by atoms with Gasteiger partial charge < -0.3 is 10.1 Å². The van der Waals surface area contributed by atoms with Gasteiger partial charge in [0.2, 0.25) is 0 Å². The van der Waals surface area contributed by atoms with Gasteiger partial charge in [0, 0.05) is 30.8 Å². The molecule has 0 bridgehead atoms. The van der Waals surface area contributed by atoms with Crippen LogP contribution in [0.5, 0.6) is 0 Å². The van der Waals surface area contributed by atoms with E-state index in [1.54, 1.807) is 32.4 Å². The summed E-state index contributed by atoms with van der Waals surface area (Å²) in [5, 5.41) is 16.0. The molecule has 0 saturated carbocycles. The van der Waals surface area contributed by atoms with E-state index in [1.807, 2.05) is 33.0 Å². The van der Waals surface area contributed by atoms with Crippen molar-refractivity contribution in [3.63, 3.8) is 0 Å². The van der Waals surface area contributed by atoms with Crippen molar-refractivity contribution in [2.24, 2.45) is 0 Å². The fourth-order valence-electron chi connectivity index (χ4n) is 4.84. The number of aromatic nitrogens is 3. The lowest BCUT2D eigenvalue weighted by Crippen LogP contribution is -2.40. The number of benzene rings is 1. The molecule has 1 fully saturated rings. The predicted octanol–water partition coefficient (Wildman–Crippen LogP) is 6.11. The number of halogens is 3. The molecule has 0 atom stereocenters. The highest BCUT2D eigenvalue weighted by Crippen LogP contribution is 2.34. The smallest absolute Gasteiger partial charge is 0.418 e. The normalized spacial score (nSPS) is 15.3. The lowest BCUT2D eigenvalue weighted by atomic mass is 9.91. The average molecular weight is 585 g/mol. The molecule has 1 aliphatic rings. The second kappa shape index (κ2) is 11.6. The summed E-state index contributed by atoms with van der Waals surface area (Å²) < 4.78 is 48.4. The number of amides is 1. The van der Waals surface area contributed by atoms with Crippen LogP contribution in [0, 0.1) is 11.3 Å². The molecule has 2 aromatic heterocycles. The number of alkyl halides is 3. The van der Waals surface area contributed by atoms with Crippen LogP contribution >= 0.6 is 0 Å². The first-order chi connectivity index (χ1) is 19.6. The number of carbonyl (C=O) groups is 2. The van der Waals surface area contributed by atoms with Gasteiger partial charge in [-0.25, -0.2) is 4.79 Å². The summed E-state index contributed by atoms with van der Waals surface area (Å²) in [4.78, 5) is 27.7. The van der Waals surface area contributed by atoms with E-state index >= 15 is 0 Å². The van der Waals surface area contributed by atoms with Crippen LogP contribution < -0.4 is 5.32 Å². The van der Waals surface area contributed by atoms with Crippen LogP contribution in [0.1, 0.15) is 75.6 Å². The number of nitrogens with one attached hydrogen (secondary N) is 1. The number of anilines is 1. The van der Waals surface area contributed by atoms with Gasteiger partial charge in [-0.3, -0.25) is 18.9 Å².